The van der Waals surface area contributed by atoms with E-state index in [9.17, 15) is 13.2 Å². The summed E-state index contributed by atoms with van der Waals surface area (Å²) in [6.07, 6.45) is 2.16. The van der Waals surface area contributed by atoms with Crippen molar-refractivity contribution in [2.45, 2.75) is 51.3 Å². The van der Waals surface area contributed by atoms with Gasteiger partial charge in [-0.1, -0.05) is 35.4 Å². The van der Waals surface area contributed by atoms with Crippen molar-refractivity contribution < 1.29 is 26.9 Å². The zero-order chi connectivity index (χ0) is 25.9. The first-order chi connectivity index (χ1) is 16.5. The molecule has 9 nitrogen and oxygen atoms in total. The molecule has 0 atom stereocenters. The van der Waals surface area contributed by atoms with Crippen LogP contribution in [0.15, 0.2) is 58.3 Å². The Morgan fingerprint density at radius 2 is 1.80 bits per heavy atom. The summed E-state index contributed by atoms with van der Waals surface area (Å²) in [4.78, 5) is 15.5. The minimum atomic E-state index is -3.82. The normalized spacial score (nSPS) is 12.8. The van der Waals surface area contributed by atoms with Gasteiger partial charge in [-0.05, 0) is 45.9 Å². The fourth-order valence-electron chi connectivity index (χ4n) is 2.61. The predicted molar refractivity (Wildman–Crippen MR) is 133 cm³/mol. The largest absolute Gasteiger partial charge is 0.490 e. The molecule has 0 aliphatic heterocycles. The Labute approximate surface area is 211 Å². The summed E-state index contributed by atoms with van der Waals surface area (Å²) in [5.74, 6) is 0.311. The van der Waals surface area contributed by atoms with E-state index in [-0.39, 0.29) is 48.4 Å². The summed E-state index contributed by atoms with van der Waals surface area (Å²) in [6, 6.07) is 10.0. The quantitative estimate of drug-likeness (QED) is 0.0956. The molecule has 2 aromatic rings. The van der Waals surface area contributed by atoms with E-state index in [1.54, 1.807) is 24.4 Å². The minimum Gasteiger partial charge on any atom is -0.490 e. The Bertz CT molecular complexity index is 1080. The second kappa shape index (κ2) is 13.7. The molecular formula is C24H32ClN3O6S. The van der Waals surface area contributed by atoms with E-state index in [2.05, 4.69) is 15.8 Å². The van der Waals surface area contributed by atoms with Gasteiger partial charge in [-0.15, -0.1) is 0 Å². The number of carbonyl (C=O) groups excluding carboxylic acids is 1. The summed E-state index contributed by atoms with van der Waals surface area (Å²) >= 11 is 5.96. The van der Waals surface area contributed by atoms with Gasteiger partial charge in [0.1, 0.15) is 17.4 Å². The first kappa shape index (κ1) is 28.9. The van der Waals surface area contributed by atoms with Crippen LogP contribution in [0.2, 0.25) is 0 Å². The molecule has 11 heteroatoms. The fraction of sp³-hybridized carbons (Fsp3) is 0.417. The maximum Gasteiger partial charge on any atom is 0.297 e. The summed E-state index contributed by atoms with van der Waals surface area (Å²) in [5.41, 5.74) is 8.29. The molecule has 1 heterocycles. The van der Waals surface area contributed by atoms with Crippen molar-refractivity contribution in [1.29, 1.82) is 0 Å². The van der Waals surface area contributed by atoms with Crippen molar-refractivity contribution in [2.75, 3.05) is 19.8 Å². The van der Waals surface area contributed by atoms with Gasteiger partial charge < -0.3 is 9.47 Å². The lowest BCUT2D eigenvalue weighted by Crippen LogP contribution is -2.46. The molecule has 0 aliphatic carbocycles. The monoisotopic (exact) mass is 525 g/mol. The molecule has 0 unspecified atom stereocenters. The number of pyridine rings is 1. The van der Waals surface area contributed by atoms with Crippen LogP contribution in [-0.4, -0.2) is 45.0 Å². The van der Waals surface area contributed by atoms with Gasteiger partial charge in [0.25, 0.3) is 10.1 Å². The van der Waals surface area contributed by atoms with Crippen molar-refractivity contribution in [1.82, 2.24) is 15.8 Å². The van der Waals surface area contributed by atoms with Crippen molar-refractivity contribution in [3.63, 3.8) is 0 Å². The van der Waals surface area contributed by atoms with Gasteiger partial charge in [-0.3, -0.25) is 19.4 Å². The minimum absolute atomic E-state index is 0.0159. The van der Waals surface area contributed by atoms with Gasteiger partial charge in [0.2, 0.25) is 0 Å². The SMILES string of the molecule is Cc1ccc(S(=O)(=O)OCCOCc2ccc(CO/C(CNNC(C)(C)C)=C(\Cl)C=O)cn2)cc1. The third-order valence-electron chi connectivity index (χ3n) is 4.41. The number of carbonyl (C=O) groups is 1. The summed E-state index contributed by atoms with van der Waals surface area (Å²) in [6.45, 7) is 8.43. The van der Waals surface area contributed by atoms with Crippen LogP contribution in [0.3, 0.4) is 0 Å². The summed E-state index contributed by atoms with van der Waals surface area (Å²) in [7, 11) is -3.82. The van der Waals surface area contributed by atoms with Gasteiger partial charge in [-0.2, -0.15) is 8.42 Å². The van der Waals surface area contributed by atoms with Gasteiger partial charge >= 0.3 is 0 Å². The summed E-state index contributed by atoms with van der Waals surface area (Å²) in [5, 5.41) is -0.0159. The predicted octanol–water partition coefficient (Wildman–Crippen LogP) is 3.37. The molecule has 0 radical (unpaired) electrons. The molecule has 1 aromatic carbocycles. The second-order valence-corrected chi connectivity index (χ2v) is 10.7. The topological polar surface area (TPSA) is 116 Å². The first-order valence-electron chi connectivity index (χ1n) is 10.9. The third kappa shape index (κ3) is 10.9. The molecule has 0 spiro atoms. The maximum absolute atomic E-state index is 12.1. The molecular weight excluding hydrogens is 494 g/mol. The van der Waals surface area contributed by atoms with Crippen molar-refractivity contribution in [2.24, 2.45) is 0 Å². The molecule has 2 rings (SSSR count). The lowest BCUT2D eigenvalue weighted by molar-refractivity contribution is -0.104. The smallest absolute Gasteiger partial charge is 0.297 e. The molecule has 0 fully saturated rings. The third-order valence-corrected chi connectivity index (χ3v) is 6.03. The number of hydrazine groups is 1. The van der Waals surface area contributed by atoms with Crippen LogP contribution in [0.25, 0.3) is 0 Å². The van der Waals surface area contributed by atoms with E-state index < -0.39 is 10.1 Å². The Balaban J connectivity index is 1.75. The van der Waals surface area contributed by atoms with Crippen LogP contribution in [0.1, 0.15) is 37.6 Å². The number of aromatic nitrogens is 1. The van der Waals surface area contributed by atoms with E-state index in [1.807, 2.05) is 33.8 Å². The molecule has 0 amide bonds. The van der Waals surface area contributed by atoms with Crippen LogP contribution < -0.4 is 10.9 Å². The zero-order valence-corrected chi connectivity index (χ0v) is 21.9. The number of ether oxygens (including phenoxy) is 2. The van der Waals surface area contributed by atoms with Crippen molar-refractivity contribution in [3.8, 4) is 0 Å². The number of hydrogen-bond donors (Lipinski definition) is 2. The number of aryl methyl sites for hydroxylation is 1. The highest BCUT2D eigenvalue weighted by Gasteiger charge is 2.14. The van der Waals surface area contributed by atoms with Gasteiger partial charge in [0.15, 0.2) is 6.29 Å². The lowest BCUT2D eigenvalue weighted by atomic mass is 10.1. The number of aldehydes is 1. The van der Waals surface area contributed by atoms with Gasteiger partial charge in [0, 0.05) is 17.3 Å². The Kier molecular flexibility index (Phi) is 11.3. The van der Waals surface area contributed by atoms with E-state index in [4.69, 9.17) is 25.3 Å². The van der Waals surface area contributed by atoms with Crippen LogP contribution in [0, 0.1) is 6.92 Å². The van der Waals surface area contributed by atoms with Crippen molar-refractivity contribution >= 4 is 28.0 Å². The molecule has 2 N–H and O–H groups in total. The molecule has 35 heavy (non-hydrogen) atoms. The van der Waals surface area contributed by atoms with E-state index in [0.717, 1.165) is 11.1 Å². The number of halogens is 1. The lowest BCUT2D eigenvalue weighted by Gasteiger charge is -2.22. The molecule has 0 saturated carbocycles. The van der Waals surface area contributed by atoms with E-state index in [1.165, 1.54) is 12.1 Å². The fourth-order valence-corrected chi connectivity index (χ4v) is 3.62. The average Bonchev–Trinajstić information content (AvgIpc) is 2.81. The molecule has 192 valence electrons. The Morgan fingerprint density at radius 3 is 2.40 bits per heavy atom. The van der Waals surface area contributed by atoms with Crippen LogP contribution in [0.4, 0.5) is 0 Å². The highest BCUT2D eigenvalue weighted by molar-refractivity contribution is 7.86. The van der Waals surface area contributed by atoms with E-state index in [0.29, 0.717) is 17.7 Å². The highest BCUT2D eigenvalue weighted by Crippen LogP contribution is 2.14. The highest BCUT2D eigenvalue weighted by atomic mass is 35.5. The molecule has 1 aromatic heterocycles. The maximum atomic E-state index is 12.1. The van der Waals surface area contributed by atoms with Gasteiger partial charge in [-0.25, -0.2) is 5.43 Å². The van der Waals surface area contributed by atoms with Crippen molar-refractivity contribution in [3.05, 3.63) is 70.2 Å². The molecule has 0 saturated heterocycles. The van der Waals surface area contributed by atoms with Crippen LogP contribution >= 0.6 is 11.6 Å². The van der Waals surface area contributed by atoms with Crippen LogP contribution in [0.5, 0.6) is 0 Å². The summed E-state index contributed by atoms with van der Waals surface area (Å²) < 4.78 is 40.5. The van der Waals surface area contributed by atoms with Crippen LogP contribution in [-0.2, 0) is 41.8 Å². The second-order valence-electron chi connectivity index (χ2n) is 8.71. The standard InChI is InChI=1S/C24H32ClN3O6S/c1-18-5-9-21(10-6-18)35(30,31)34-12-11-32-17-20-8-7-19(13-26-20)16-33-23(22(25)15-29)14-27-28-24(2,3)4/h5-10,13,15,27-28H,11-12,14,16-17H2,1-4H3/b23-22-. The average molecular weight is 526 g/mol. The van der Waals surface area contributed by atoms with Gasteiger partial charge in [0.05, 0.1) is 37.0 Å². The zero-order valence-electron chi connectivity index (χ0n) is 20.3. The number of allylic oxidation sites excluding steroid dienone is 1. The number of nitrogens with zero attached hydrogens (tertiary/aromatic N) is 1. The number of benzene rings is 1. The number of nitrogens with one attached hydrogen (secondary N) is 2. The Morgan fingerprint density at radius 1 is 1.09 bits per heavy atom. The Hall–Kier alpha value is -2.34. The molecule has 0 aliphatic rings. The number of hydrogen-bond acceptors (Lipinski definition) is 9. The number of rotatable bonds is 14. The van der Waals surface area contributed by atoms with E-state index >= 15 is 0 Å². The molecule has 0 bridgehead atoms. The first-order valence-corrected chi connectivity index (χ1v) is 12.7.